The topological polar surface area (TPSA) is 38.9 Å². The van der Waals surface area contributed by atoms with Crippen molar-refractivity contribution in [1.29, 1.82) is 0 Å². The van der Waals surface area contributed by atoms with Gasteiger partial charge in [0.1, 0.15) is 5.03 Å². The van der Waals surface area contributed by atoms with E-state index in [-0.39, 0.29) is 6.04 Å². The number of hydrogen-bond acceptors (Lipinski definition) is 3. The summed E-state index contributed by atoms with van der Waals surface area (Å²) in [5.41, 5.74) is 7.11. The number of pyridine rings is 1. The zero-order valence-corrected chi connectivity index (χ0v) is 11.8. The molecule has 0 amide bonds. The van der Waals surface area contributed by atoms with Crippen molar-refractivity contribution in [2.75, 3.05) is 0 Å². The molecule has 0 bridgehead atoms. The van der Waals surface area contributed by atoms with Crippen LogP contribution in [-0.2, 0) is 0 Å². The van der Waals surface area contributed by atoms with E-state index in [2.05, 4.69) is 33.0 Å². The van der Waals surface area contributed by atoms with Gasteiger partial charge in [0.2, 0.25) is 0 Å². The number of aromatic nitrogens is 1. The van der Waals surface area contributed by atoms with Gasteiger partial charge in [-0.2, -0.15) is 0 Å². The summed E-state index contributed by atoms with van der Waals surface area (Å²) < 4.78 is 1.00. The highest BCUT2D eigenvalue weighted by atomic mass is 79.9. The Kier molecular flexibility index (Phi) is 4.20. The Hall–Kier alpha value is -0.840. The Morgan fingerprint density at radius 3 is 2.71 bits per heavy atom. The summed E-state index contributed by atoms with van der Waals surface area (Å²) in [6, 6.07) is 12.1. The largest absolute Gasteiger partial charge is 0.324 e. The third kappa shape index (κ3) is 3.09. The van der Waals surface area contributed by atoms with Gasteiger partial charge in [0, 0.05) is 17.1 Å². The molecule has 0 saturated carbocycles. The number of nitrogens with zero attached hydrogens (tertiary/aromatic N) is 1. The van der Waals surface area contributed by atoms with Crippen LogP contribution in [0.4, 0.5) is 0 Å². The van der Waals surface area contributed by atoms with E-state index in [1.54, 1.807) is 18.0 Å². The second kappa shape index (κ2) is 5.67. The predicted molar refractivity (Wildman–Crippen MR) is 75.1 cm³/mol. The Morgan fingerprint density at radius 1 is 1.24 bits per heavy atom. The van der Waals surface area contributed by atoms with Crippen LogP contribution in [0.3, 0.4) is 0 Å². The Balaban J connectivity index is 2.34. The van der Waals surface area contributed by atoms with E-state index in [4.69, 9.17) is 5.73 Å². The molecule has 2 nitrogen and oxygen atoms in total. The van der Waals surface area contributed by atoms with Crippen molar-refractivity contribution in [3.8, 4) is 0 Å². The van der Waals surface area contributed by atoms with Gasteiger partial charge in [-0.3, -0.25) is 0 Å². The third-order valence-corrected chi connectivity index (χ3v) is 4.35. The SMILES string of the molecule is CC(N)c1ccccc1Sc1ncccc1Br. The van der Waals surface area contributed by atoms with Crippen LogP contribution in [-0.4, -0.2) is 4.98 Å². The summed E-state index contributed by atoms with van der Waals surface area (Å²) in [6.45, 7) is 1.99. The van der Waals surface area contributed by atoms with Crippen LogP contribution in [0.25, 0.3) is 0 Å². The van der Waals surface area contributed by atoms with Crippen LogP contribution < -0.4 is 5.73 Å². The van der Waals surface area contributed by atoms with Crippen molar-refractivity contribution in [1.82, 2.24) is 4.98 Å². The molecule has 2 N–H and O–H groups in total. The highest BCUT2D eigenvalue weighted by molar-refractivity contribution is 9.10. The van der Waals surface area contributed by atoms with E-state index in [9.17, 15) is 0 Å². The molecule has 88 valence electrons. The summed E-state index contributed by atoms with van der Waals surface area (Å²) in [4.78, 5) is 5.50. The predicted octanol–water partition coefficient (Wildman–Crippen LogP) is 4.02. The average Bonchev–Trinajstić information content (AvgIpc) is 2.32. The zero-order valence-electron chi connectivity index (χ0n) is 9.43. The third-order valence-electron chi connectivity index (χ3n) is 2.34. The van der Waals surface area contributed by atoms with E-state index >= 15 is 0 Å². The van der Waals surface area contributed by atoms with Crippen LogP contribution in [0.1, 0.15) is 18.5 Å². The fraction of sp³-hybridized carbons (Fsp3) is 0.154. The fourth-order valence-electron chi connectivity index (χ4n) is 1.50. The lowest BCUT2D eigenvalue weighted by atomic mass is 10.1. The molecule has 0 aliphatic rings. The van der Waals surface area contributed by atoms with Crippen LogP contribution in [0.5, 0.6) is 0 Å². The summed E-state index contributed by atoms with van der Waals surface area (Å²) in [6.07, 6.45) is 1.79. The molecule has 0 fully saturated rings. The zero-order chi connectivity index (χ0) is 12.3. The van der Waals surface area contributed by atoms with Gasteiger partial charge in [0.15, 0.2) is 0 Å². The molecule has 1 aromatic carbocycles. The number of nitrogens with two attached hydrogens (primary N) is 1. The lowest BCUT2D eigenvalue weighted by Gasteiger charge is -2.12. The minimum Gasteiger partial charge on any atom is -0.324 e. The Labute approximate surface area is 114 Å². The number of hydrogen-bond donors (Lipinski definition) is 1. The maximum atomic E-state index is 5.96. The number of halogens is 1. The quantitative estimate of drug-likeness (QED) is 0.931. The smallest absolute Gasteiger partial charge is 0.115 e. The molecule has 4 heteroatoms. The molecule has 0 spiro atoms. The van der Waals surface area contributed by atoms with Gasteiger partial charge < -0.3 is 5.73 Å². The first-order valence-electron chi connectivity index (χ1n) is 5.31. The maximum absolute atomic E-state index is 5.96. The molecule has 1 aromatic heterocycles. The van der Waals surface area contributed by atoms with Crippen molar-refractivity contribution in [3.05, 3.63) is 52.6 Å². The van der Waals surface area contributed by atoms with Crippen molar-refractivity contribution in [2.45, 2.75) is 22.9 Å². The molecule has 0 saturated heterocycles. The van der Waals surface area contributed by atoms with Crippen molar-refractivity contribution in [2.24, 2.45) is 5.73 Å². The molecule has 17 heavy (non-hydrogen) atoms. The molecular formula is C13H13BrN2S. The lowest BCUT2D eigenvalue weighted by molar-refractivity contribution is 0.797. The standard InChI is InChI=1S/C13H13BrN2S/c1-9(15)10-5-2-3-7-12(10)17-13-11(14)6-4-8-16-13/h2-9H,15H2,1H3. The second-order valence-electron chi connectivity index (χ2n) is 3.72. The molecule has 1 heterocycles. The van der Waals surface area contributed by atoms with Crippen LogP contribution in [0.2, 0.25) is 0 Å². The van der Waals surface area contributed by atoms with E-state index in [0.717, 1.165) is 20.0 Å². The van der Waals surface area contributed by atoms with Gasteiger partial charge in [-0.15, -0.1) is 0 Å². The Morgan fingerprint density at radius 2 is 2.00 bits per heavy atom. The average molecular weight is 309 g/mol. The summed E-state index contributed by atoms with van der Waals surface area (Å²) in [5, 5.41) is 0.959. The molecule has 0 aliphatic heterocycles. The lowest BCUT2D eigenvalue weighted by Crippen LogP contribution is -2.06. The van der Waals surface area contributed by atoms with Crippen LogP contribution in [0, 0.1) is 0 Å². The molecule has 1 unspecified atom stereocenters. The van der Waals surface area contributed by atoms with E-state index in [1.807, 2.05) is 31.2 Å². The number of benzene rings is 1. The number of rotatable bonds is 3. The first-order chi connectivity index (χ1) is 8.18. The maximum Gasteiger partial charge on any atom is 0.115 e. The summed E-state index contributed by atoms with van der Waals surface area (Å²) >= 11 is 5.13. The van der Waals surface area contributed by atoms with Gasteiger partial charge in [0.05, 0.1) is 4.47 Å². The van der Waals surface area contributed by atoms with Crippen molar-refractivity contribution in [3.63, 3.8) is 0 Å². The normalized spacial score (nSPS) is 12.4. The van der Waals surface area contributed by atoms with E-state index in [1.165, 1.54) is 0 Å². The summed E-state index contributed by atoms with van der Waals surface area (Å²) in [5.74, 6) is 0. The molecule has 2 rings (SSSR count). The van der Waals surface area contributed by atoms with Gasteiger partial charge in [-0.25, -0.2) is 4.98 Å². The first-order valence-corrected chi connectivity index (χ1v) is 6.92. The van der Waals surface area contributed by atoms with Crippen LogP contribution >= 0.6 is 27.7 Å². The summed E-state index contributed by atoms with van der Waals surface area (Å²) in [7, 11) is 0. The van der Waals surface area contributed by atoms with Crippen molar-refractivity contribution >= 4 is 27.7 Å². The minimum absolute atomic E-state index is 0.0289. The molecule has 1 atom stereocenters. The second-order valence-corrected chi connectivity index (χ2v) is 5.60. The van der Waals surface area contributed by atoms with Crippen molar-refractivity contribution < 1.29 is 0 Å². The minimum atomic E-state index is 0.0289. The highest BCUT2D eigenvalue weighted by Crippen LogP contribution is 2.34. The van der Waals surface area contributed by atoms with Crippen LogP contribution in [0.15, 0.2) is 57.0 Å². The monoisotopic (exact) mass is 308 g/mol. The molecule has 0 aliphatic carbocycles. The highest BCUT2D eigenvalue weighted by Gasteiger charge is 2.09. The van der Waals surface area contributed by atoms with Gasteiger partial charge in [-0.1, -0.05) is 30.0 Å². The first kappa shape index (κ1) is 12.6. The van der Waals surface area contributed by atoms with E-state index < -0.39 is 0 Å². The van der Waals surface area contributed by atoms with Gasteiger partial charge in [0.25, 0.3) is 0 Å². The van der Waals surface area contributed by atoms with E-state index in [0.29, 0.717) is 0 Å². The fourth-order valence-corrected chi connectivity index (χ4v) is 3.00. The van der Waals surface area contributed by atoms with Gasteiger partial charge >= 0.3 is 0 Å². The molecule has 2 aromatic rings. The molecular weight excluding hydrogens is 296 g/mol. The Bertz CT molecular complexity index is 514. The van der Waals surface area contributed by atoms with Gasteiger partial charge in [-0.05, 0) is 46.6 Å². The molecule has 0 radical (unpaired) electrons.